The molecule has 4 rings (SSSR count). The molecule has 0 aromatic carbocycles. The molecule has 1 aliphatic carbocycles. The Labute approximate surface area is 151 Å². The predicted octanol–water partition coefficient (Wildman–Crippen LogP) is 3.37. The minimum atomic E-state index is 0.549. The third kappa shape index (κ3) is 3.28. The Morgan fingerprint density at radius 3 is 2.88 bits per heavy atom. The number of nitrogens with zero attached hydrogens (tertiary/aromatic N) is 4. The molecule has 1 aliphatic rings. The van der Waals surface area contributed by atoms with Gasteiger partial charge in [0.2, 0.25) is 5.88 Å². The quantitative estimate of drug-likeness (QED) is 0.684. The van der Waals surface area contributed by atoms with E-state index in [1.165, 1.54) is 17.7 Å². The van der Waals surface area contributed by atoms with E-state index < -0.39 is 0 Å². The van der Waals surface area contributed by atoms with Crippen LogP contribution >= 0.6 is 11.8 Å². The summed E-state index contributed by atoms with van der Waals surface area (Å²) in [7, 11) is 3.77. The Balaban J connectivity index is 1.31. The van der Waals surface area contributed by atoms with Gasteiger partial charge in [-0.15, -0.1) is 11.8 Å². The summed E-state index contributed by atoms with van der Waals surface area (Å²) in [5, 5.41) is 1.09. The van der Waals surface area contributed by atoms with E-state index in [-0.39, 0.29) is 0 Å². The lowest BCUT2D eigenvalue weighted by Crippen LogP contribution is -2.43. The summed E-state index contributed by atoms with van der Waals surface area (Å²) in [6.07, 6.45) is 7.83. The first-order chi connectivity index (χ1) is 12.2. The number of thioether (sulfide) groups is 1. The van der Waals surface area contributed by atoms with Crippen LogP contribution in [-0.4, -0.2) is 45.9 Å². The van der Waals surface area contributed by atoms with Crippen LogP contribution in [0.5, 0.6) is 5.88 Å². The number of rotatable bonds is 6. The molecule has 7 heteroatoms. The predicted molar refractivity (Wildman–Crippen MR) is 100 cm³/mol. The van der Waals surface area contributed by atoms with E-state index >= 15 is 0 Å². The highest BCUT2D eigenvalue weighted by Gasteiger charge is 2.33. The first-order valence-corrected chi connectivity index (χ1v) is 9.37. The van der Waals surface area contributed by atoms with Gasteiger partial charge in [-0.1, -0.05) is 0 Å². The number of hydrogen-bond donors (Lipinski definition) is 1. The van der Waals surface area contributed by atoms with Crippen molar-refractivity contribution in [3.05, 3.63) is 36.9 Å². The summed E-state index contributed by atoms with van der Waals surface area (Å²) in [5.74, 6) is 3.54. The minimum Gasteiger partial charge on any atom is -0.481 e. The second kappa shape index (κ2) is 6.92. The third-order valence-corrected chi connectivity index (χ3v) is 6.04. The van der Waals surface area contributed by atoms with Crippen molar-refractivity contribution in [2.24, 2.45) is 5.92 Å². The van der Waals surface area contributed by atoms with Gasteiger partial charge in [0.05, 0.1) is 12.5 Å². The van der Waals surface area contributed by atoms with Crippen molar-refractivity contribution in [1.29, 1.82) is 0 Å². The van der Waals surface area contributed by atoms with E-state index in [0.29, 0.717) is 11.9 Å². The Morgan fingerprint density at radius 2 is 2.12 bits per heavy atom. The molecule has 0 saturated heterocycles. The van der Waals surface area contributed by atoms with Gasteiger partial charge in [0.15, 0.2) is 0 Å². The first-order valence-electron chi connectivity index (χ1n) is 8.38. The van der Waals surface area contributed by atoms with Crippen LogP contribution in [0.3, 0.4) is 0 Å². The van der Waals surface area contributed by atoms with Gasteiger partial charge >= 0.3 is 0 Å². The fourth-order valence-corrected chi connectivity index (χ4v) is 4.24. The molecule has 0 aliphatic heterocycles. The second-order valence-electron chi connectivity index (χ2n) is 6.39. The van der Waals surface area contributed by atoms with Gasteiger partial charge in [0.25, 0.3) is 0 Å². The lowest BCUT2D eigenvalue weighted by molar-refractivity contribution is 0.286. The molecule has 6 nitrogen and oxygen atoms in total. The number of hydrogen-bond acceptors (Lipinski definition) is 6. The average molecular weight is 355 g/mol. The fraction of sp³-hybridized carbons (Fsp3) is 0.389. The second-order valence-corrected chi connectivity index (χ2v) is 7.48. The number of nitrogens with one attached hydrogen (secondary N) is 1. The van der Waals surface area contributed by atoms with Crippen LogP contribution in [0.15, 0.2) is 41.8 Å². The zero-order valence-corrected chi connectivity index (χ0v) is 15.2. The number of H-pyrrole nitrogens is 1. The Kier molecular flexibility index (Phi) is 4.48. The van der Waals surface area contributed by atoms with Crippen molar-refractivity contribution in [2.45, 2.75) is 23.8 Å². The summed E-state index contributed by atoms with van der Waals surface area (Å²) in [5.41, 5.74) is 0.898. The van der Waals surface area contributed by atoms with Gasteiger partial charge in [-0.3, -0.25) is 0 Å². The highest BCUT2D eigenvalue weighted by Crippen LogP contribution is 2.38. The lowest BCUT2D eigenvalue weighted by atomic mass is 9.81. The Bertz CT molecular complexity index is 844. The van der Waals surface area contributed by atoms with E-state index in [1.54, 1.807) is 13.4 Å². The largest absolute Gasteiger partial charge is 0.481 e. The molecule has 1 fully saturated rings. The van der Waals surface area contributed by atoms with Gasteiger partial charge in [0.1, 0.15) is 17.8 Å². The van der Waals surface area contributed by atoms with Crippen LogP contribution in [-0.2, 0) is 0 Å². The smallest absolute Gasteiger partial charge is 0.212 e. The number of aromatic amines is 1. The van der Waals surface area contributed by atoms with Crippen LogP contribution in [0.25, 0.3) is 11.0 Å². The number of aromatic nitrogens is 4. The number of ether oxygens (including phenoxy) is 1. The summed E-state index contributed by atoms with van der Waals surface area (Å²) < 4.78 is 5.10. The van der Waals surface area contributed by atoms with Gasteiger partial charge in [0, 0.05) is 42.2 Å². The molecule has 130 valence electrons. The molecule has 3 heterocycles. The molecule has 0 bridgehead atoms. The van der Waals surface area contributed by atoms with Crippen molar-refractivity contribution in [2.75, 3.05) is 24.8 Å². The summed E-state index contributed by atoms with van der Waals surface area (Å²) in [4.78, 5) is 19.7. The zero-order valence-electron chi connectivity index (χ0n) is 14.3. The van der Waals surface area contributed by atoms with Gasteiger partial charge in [-0.05, 0) is 30.9 Å². The molecule has 3 aromatic rings. The maximum Gasteiger partial charge on any atom is 0.212 e. The van der Waals surface area contributed by atoms with Crippen molar-refractivity contribution in [1.82, 2.24) is 19.9 Å². The summed E-state index contributed by atoms with van der Waals surface area (Å²) in [6.45, 7) is 0. The molecular weight excluding hydrogens is 334 g/mol. The average Bonchev–Trinajstić information content (AvgIpc) is 3.09. The fourth-order valence-electron chi connectivity index (χ4n) is 3.25. The van der Waals surface area contributed by atoms with E-state index in [4.69, 9.17) is 4.74 Å². The Morgan fingerprint density at radius 1 is 1.24 bits per heavy atom. The number of pyridine rings is 1. The lowest BCUT2D eigenvalue weighted by Gasteiger charge is -2.41. The molecule has 0 spiro atoms. The SMILES string of the molecule is COc1ccc(SCC2CC(N(C)c3ncnc4[nH]ccc34)C2)cn1. The highest BCUT2D eigenvalue weighted by atomic mass is 32.2. The molecule has 25 heavy (non-hydrogen) atoms. The van der Waals surface area contributed by atoms with Crippen LogP contribution in [0.2, 0.25) is 0 Å². The first kappa shape index (κ1) is 16.2. The molecule has 1 saturated carbocycles. The van der Waals surface area contributed by atoms with Crippen LogP contribution in [0.4, 0.5) is 5.82 Å². The third-order valence-electron chi connectivity index (χ3n) is 4.83. The molecule has 0 atom stereocenters. The molecular formula is C18H21N5OS. The maximum absolute atomic E-state index is 5.10. The van der Waals surface area contributed by atoms with Crippen molar-refractivity contribution < 1.29 is 4.74 Å². The summed E-state index contributed by atoms with van der Waals surface area (Å²) in [6, 6.07) is 6.58. The van der Waals surface area contributed by atoms with Gasteiger partial charge < -0.3 is 14.6 Å². The van der Waals surface area contributed by atoms with E-state index in [2.05, 4.69) is 37.9 Å². The standard InChI is InChI=1S/C18H21N5OS/c1-23(18-15-5-6-19-17(15)21-11-22-18)13-7-12(8-13)10-25-14-3-4-16(24-2)20-9-14/h3-6,9,11-13H,7-8,10H2,1-2H3,(H,19,21,22). The molecule has 3 aromatic heterocycles. The zero-order chi connectivity index (χ0) is 17.2. The molecule has 0 unspecified atom stereocenters. The molecule has 0 radical (unpaired) electrons. The topological polar surface area (TPSA) is 66.9 Å². The van der Waals surface area contributed by atoms with Crippen molar-refractivity contribution in [3.8, 4) is 5.88 Å². The monoisotopic (exact) mass is 355 g/mol. The number of anilines is 1. The number of fused-ring (bicyclic) bond motifs is 1. The normalized spacial score (nSPS) is 19.6. The van der Waals surface area contributed by atoms with Gasteiger partial charge in [-0.2, -0.15) is 0 Å². The van der Waals surface area contributed by atoms with E-state index in [9.17, 15) is 0 Å². The number of methoxy groups -OCH3 is 1. The van der Waals surface area contributed by atoms with E-state index in [0.717, 1.165) is 28.5 Å². The van der Waals surface area contributed by atoms with Crippen LogP contribution in [0, 0.1) is 5.92 Å². The molecule has 1 N–H and O–H groups in total. The van der Waals surface area contributed by atoms with E-state index in [1.807, 2.05) is 36.3 Å². The maximum atomic E-state index is 5.10. The van der Waals surface area contributed by atoms with Crippen LogP contribution in [0.1, 0.15) is 12.8 Å². The highest BCUT2D eigenvalue weighted by molar-refractivity contribution is 7.99. The molecule has 0 amide bonds. The summed E-state index contributed by atoms with van der Waals surface area (Å²) >= 11 is 1.87. The van der Waals surface area contributed by atoms with Crippen molar-refractivity contribution >= 4 is 28.6 Å². The minimum absolute atomic E-state index is 0.549. The van der Waals surface area contributed by atoms with Crippen molar-refractivity contribution in [3.63, 3.8) is 0 Å². The van der Waals surface area contributed by atoms with Gasteiger partial charge in [-0.25, -0.2) is 15.0 Å². The van der Waals surface area contributed by atoms with Crippen LogP contribution < -0.4 is 9.64 Å². The Hall–Kier alpha value is -2.28.